The maximum Gasteiger partial charge on any atom is 0.269 e. The molecule has 0 aliphatic carbocycles. The van der Waals surface area contributed by atoms with Crippen molar-refractivity contribution in [3.63, 3.8) is 0 Å². The van der Waals surface area contributed by atoms with Crippen molar-refractivity contribution in [2.45, 2.75) is 9.83 Å². The lowest BCUT2D eigenvalue weighted by Crippen LogP contribution is -2.29. The Morgan fingerprint density at radius 3 is 2.29 bits per heavy atom. The third-order valence-corrected chi connectivity index (χ3v) is 4.79. The summed E-state index contributed by atoms with van der Waals surface area (Å²) in [5.41, 5.74) is -0.196. The first-order chi connectivity index (χ1) is 7.93. The molecule has 1 N–H and O–H groups in total. The predicted molar refractivity (Wildman–Crippen MR) is 56.1 cm³/mol. The number of hydrogen-bond acceptors (Lipinski definition) is 6. The minimum Gasteiger partial charge on any atom is -0.392 e. The Balaban J connectivity index is 2.38. The van der Waals surface area contributed by atoms with Crippen molar-refractivity contribution in [3.8, 4) is 0 Å². The number of sulfone groups is 1. The largest absolute Gasteiger partial charge is 0.392 e. The molecule has 0 amide bonds. The Hall–Kier alpha value is -1.51. The molecule has 0 radical (unpaired) electrons. The molecule has 1 fully saturated rings. The van der Waals surface area contributed by atoms with E-state index in [0.717, 1.165) is 24.3 Å². The van der Waals surface area contributed by atoms with Crippen molar-refractivity contribution < 1.29 is 23.2 Å². The topological polar surface area (TPSA) is 110 Å². The molecule has 2 rings (SSSR count). The molecule has 8 heteroatoms. The maximum absolute atomic E-state index is 12.0. The first kappa shape index (κ1) is 12.0. The Labute approximate surface area is 96.7 Å². The number of non-ortho nitro benzene ring substituents is 1. The molecule has 1 aliphatic rings. The highest BCUT2D eigenvalue weighted by Crippen LogP contribution is 2.37. The van der Waals surface area contributed by atoms with E-state index in [-0.39, 0.29) is 17.2 Å². The second-order valence-electron chi connectivity index (χ2n) is 3.61. The van der Waals surface area contributed by atoms with Crippen LogP contribution in [0.25, 0.3) is 0 Å². The molecule has 0 unspecified atom stereocenters. The summed E-state index contributed by atoms with van der Waals surface area (Å²) >= 11 is 0. The number of rotatable bonds is 4. The summed E-state index contributed by atoms with van der Waals surface area (Å²) in [6.45, 7) is -0.699. The van der Waals surface area contributed by atoms with Crippen molar-refractivity contribution in [2.75, 3.05) is 13.2 Å². The summed E-state index contributed by atoms with van der Waals surface area (Å²) in [6, 6.07) is 4.46. The van der Waals surface area contributed by atoms with Crippen LogP contribution in [-0.2, 0) is 14.6 Å². The van der Waals surface area contributed by atoms with E-state index in [9.17, 15) is 18.5 Å². The monoisotopic (exact) mass is 259 g/mol. The highest BCUT2D eigenvalue weighted by Gasteiger charge is 2.57. The maximum atomic E-state index is 12.0. The third-order valence-electron chi connectivity index (χ3n) is 2.55. The molecule has 0 spiro atoms. The number of benzene rings is 1. The van der Waals surface area contributed by atoms with Gasteiger partial charge in [-0.15, -0.1) is 0 Å². The molecule has 1 atom stereocenters. The van der Waals surface area contributed by atoms with Crippen LogP contribution in [-0.4, -0.2) is 36.6 Å². The molecule has 0 saturated carbocycles. The average Bonchev–Trinajstić information content (AvgIpc) is 3.10. The number of nitro groups is 1. The van der Waals surface area contributed by atoms with E-state index in [0.29, 0.717) is 0 Å². The summed E-state index contributed by atoms with van der Waals surface area (Å²) in [5.74, 6) is 0. The minimum atomic E-state index is -3.81. The zero-order valence-corrected chi connectivity index (χ0v) is 9.38. The number of ether oxygens (including phenoxy) is 1. The summed E-state index contributed by atoms with van der Waals surface area (Å²) in [4.78, 5) is 8.13. The molecule has 92 valence electrons. The molecule has 17 heavy (non-hydrogen) atoms. The minimum absolute atomic E-state index is 0.0666. The van der Waals surface area contributed by atoms with E-state index < -0.39 is 26.3 Å². The molecule has 7 nitrogen and oxygen atoms in total. The standard InChI is InChI=1S/C9H9NO6S/c11-5-9(6-16-9)17(14,15)8-3-1-7(2-4-8)10(12)13/h1-4,11H,5-6H2/t9-/m0/s1. The van der Waals surface area contributed by atoms with Crippen LogP contribution in [0, 0.1) is 10.1 Å². The lowest BCUT2D eigenvalue weighted by molar-refractivity contribution is -0.384. The first-order valence-electron chi connectivity index (χ1n) is 4.67. The second kappa shape index (κ2) is 3.76. The third kappa shape index (κ3) is 1.79. The Kier molecular flexibility index (Phi) is 2.64. The van der Waals surface area contributed by atoms with Crippen LogP contribution in [0.1, 0.15) is 0 Å². The molecule has 1 aliphatic heterocycles. The fourth-order valence-electron chi connectivity index (χ4n) is 1.37. The van der Waals surface area contributed by atoms with E-state index in [1.807, 2.05) is 0 Å². The van der Waals surface area contributed by atoms with Gasteiger partial charge in [0, 0.05) is 12.1 Å². The van der Waals surface area contributed by atoms with Gasteiger partial charge in [0.25, 0.3) is 5.69 Å². The van der Waals surface area contributed by atoms with E-state index in [1.54, 1.807) is 0 Å². The molecule has 1 saturated heterocycles. The zero-order valence-electron chi connectivity index (χ0n) is 8.57. The average molecular weight is 259 g/mol. The normalized spacial score (nSPS) is 23.4. The Morgan fingerprint density at radius 1 is 1.41 bits per heavy atom. The van der Waals surface area contributed by atoms with Gasteiger partial charge in [-0.2, -0.15) is 0 Å². The van der Waals surface area contributed by atoms with Gasteiger partial charge in [0.1, 0.15) is 0 Å². The molecule has 0 bridgehead atoms. The summed E-state index contributed by atoms with van der Waals surface area (Å²) in [7, 11) is -3.81. The SMILES string of the molecule is O=[N+]([O-])c1ccc(S(=O)(=O)[C@@]2(CO)CO2)cc1. The van der Waals surface area contributed by atoms with Gasteiger partial charge in [0.2, 0.25) is 14.8 Å². The fraction of sp³-hybridized carbons (Fsp3) is 0.333. The molecule has 1 aromatic carbocycles. The Morgan fingerprint density at radius 2 is 1.94 bits per heavy atom. The summed E-state index contributed by atoms with van der Waals surface area (Å²) in [6.07, 6.45) is 0. The van der Waals surface area contributed by atoms with Crippen LogP contribution < -0.4 is 0 Å². The number of nitro benzene ring substituents is 1. The van der Waals surface area contributed by atoms with E-state index >= 15 is 0 Å². The lowest BCUT2D eigenvalue weighted by atomic mass is 10.3. The summed E-state index contributed by atoms with van der Waals surface area (Å²) in [5, 5.41) is 19.4. The first-order valence-corrected chi connectivity index (χ1v) is 6.15. The molecular weight excluding hydrogens is 250 g/mol. The van der Waals surface area contributed by atoms with E-state index in [1.165, 1.54) is 0 Å². The predicted octanol–water partition coefficient (Wildman–Crippen LogP) is 0.0873. The van der Waals surface area contributed by atoms with Gasteiger partial charge in [0.15, 0.2) is 0 Å². The quantitative estimate of drug-likeness (QED) is 0.466. The number of nitrogens with zero attached hydrogens (tertiary/aromatic N) is 1. The highest BCUT2D eigenvalue weighted by atomic mass is 32.2. The van der Waals surface area contributed by atoms with Gasteiger partial charge in [-0.1, -0.05) is 0 Å². The van der Waals surface area contributed by atoms with Gasteiger partial charge in [-0.25, -0.2) is 8.42 Å². The number of hydrogen-bond donors (Lipinski definition) is 1. The number of epoxide rings is 1. The van der Waals surface area contributed by atoms with Crippen molar-refractivity contribution in [1.82, 2.24) is 0 Å². The van der Waals surface area contributed by atoms with Crippen LogP contribution in [0.15, 0.2) is 29.2 Å². The van der Waals surface area contributed by atoms with Gasteiger partial charge in [-0.05, 0) is 12.1 Å². The van der Waals surface area contributed by atoms with Crippen LogP contribution in [0.3, 0.4) is 0 Å². The highest BCUT2D eigenvalue weighted by molar-refractivity contribution is 7.93. The van der Waals surface area contributed by atoms with Crippen LogP contribution in [0.4, 0.5) is 5.69 Å². The van der Waals surface area contributed by atoms with Crippen LogP contribution in [0.2, 0.25) is 0 Å². The van der Waals surface area contributed by atoms with Crippen LogP contribution >= 0.6 is 0 Å². The van der Waals surface area contributed by atoms with Gasteiger partial charge in [0.05, 0.1) is 23.0 Å². The molecule has 0 aromatic heterocycles. The smallest absolute Gasteiger partial charge is 0.269 e. The van der Waals surface area contributed by atoms with Gasteiger partial charge >= 0.3 is 0 Å². The molecule has 1 aromatic rings. The zero-order chi connectivity index (χ0) is 12.7. The molecule has 1 heterocycles. The summed E-state index contributed by atoms with van der Waals surface area (Å²) < 4.78 is 28.7. The fourth-order valence-corrected chi connectivity index (χ4v) is 2.84. The van der Waals surface area contributed by atoms with Crippen molar-refractivity contribution in [2.24, 2.45) is 0 Å². The van der Waals surface area contributed by atoms with Gasteiger partial charge < -0.3 is 9.84 Å². The van der Waals surface area contributed by atoms with E-state index in [2.05, 4.69) is 0 Å². The second-order valence-corrected chi connectivity index (χ2v) is 5.83. The molecular formula is C9H9NO6S. The number of aliphatic hydroxyl groups excluding tert-OH is 1. The van der Waals surface area contributed by atoms with Crippen LogP contribution in [0.5, 0.6) is 0 Å². The van der Waals surface area contributed by atoms with Crippen molar-refractivity contribution >= 4 is 15.5 Å². The lowest BCUT2D eigenvalue weighted by Gasteiger charge is -2.09. The van der Waals surface area contributed by atoms with Crippen molar-refractivity contribution in [1.29, 1.82) is 0 Å². The Bertz CT molecular complexity index is 545. The van der Waals surface area contributed by atoms with Crippen molar-refractivity contribution in [3.05, 3.63) is 34.4 Å². The van der Waals surface area contributed by atoms with E-state index in [4.69, 9.17) is 9.84 Å². The van der Waals surface area contributed by atoms with Gasteiger partial charge in [-0.3, -0.25) is 10.1 Å². The number of aliphatic hydroxyl groups is 1.